The van der Waals surface area contributed by atoms with Crippen LogP contribution in [0.2, 0.25) is 0 Å². The summed E-state index contributed by atoms with van der Waals surface area (Å²) >= 11 is 0. The largest absolute Gasteiger partial charge is 0.349 e. The molecule has 8 nitrogen and oxygen atoms in total. The van der Waals surface area contributed by atoms with E-state index in [-0.39, 0.29) is 13.0 Å². The lowest BCUT2D eigenvalue weighted by Gasteiger charge is -2.06. The van der Waals surface area contributed by atoms with Crippen LogP contribution in [-0.4, -0.2) is 29.9 Å². The molecule has 2 rings (SSSR count). The summed E-state index contributed by atoms with van der Waals surface area (Å²) in [4.78, 5) is 15.8. The van der Waals surface area contributed by atoms with Crippen LogP contribution in [0.15, 0.2) is 35.5 Å². The van der Waals surface area contributed by atoms with Gasteiger partial charge < -0.3 is 4.98 Å². The molecule has 0 aliphatic carbocycles. The molecule has 0 aliphatic heterocycles. The molecule has 0 radical (unpaired) electrons. The van der Waals surface area contributed by atoms with Gasteiger partial charge in [-0.2, -0.15) is 0 Å². The summed E-state index contributed by atoms with van der Waals surface area (Å²) in [5, 5.41) is 10.6. The lowest BCUT2D eigenvalue weighted by Crippen LogP contribution is -2.27. The number of nitro benzene ring substituents is 1. The number of nitrogens with one attached hydrogen (secondary N) is 2. The van der Waals surface area contributed by atoms with Gasteiger partial charge in [0.05, 0.1) is 4.92 Å². The minimum absolute atomic E-state index is 0.0159. The van der Waals surface area contributed by atoms with Crippen molar-refractivity contribution >= 4 is 15.7 Å². The third kappa shape index (κ3) is 3.61. The number of imidazole rings is 1. The molecular formula is C11H11FN4O4S. The van der Waals surface area contributed by atoms with Crippen molar-refractivity contribution in [3.05, 3.63) is 52.3 Å². The molecule has 0 amide bonds. The van der Waals surface area contributed by atoms with Crippen LogP contribution in [0, 0.1) is 15.9 Å². The maximum Gasteiger partial charge on any atom is 0.270 e. The van der Waals surface area contributed by atoms with Gasteiger partial charge in [0.15, 0.2) is 0 Å². The number of hydrogen-bond acceptors (Lipinski definition) is 5. The maximum absolute atomic E-state index is 13.6. The van der Waals surface area contributed by atoms with Crippen LogP contribution in [0.1, 0.15) is 5.82 Å². The second kappa shape index (κ2) is 5.97. The van der Waals surface area contributed by atoms with E-state index in [0.717, 1.165) is 12.1 Å². The Balaban J connectivity index is 2.15. The second-order valence-corrected chi connectivity index (χ2v) is 5.79. The molecule has 0 aliphatic rings. The standard InChI is InChI=1S/C11H11FN4O4S/c12-9-2-1-8(16(17)18)7-10(9)21(19,20)15-4-3-11-13-5-6-14-11/h1-2,5-7,15H,3-4H2,(H,13,14). The highest BCUT2D eigenvalue weighted by molar-refractivity contribution is 7.89. The number of halogens is 1. The van der Waals surface area contributed by atoms with Gasteiger partial charge in [0.2, 0.25) is 10.0 Å². The number of H-pyrrole nitrogens is 1. The fourth-order valence-corrected chi connectivity index (χ4v) is 2.75. The van der Waals surface area contributed by atoms with Gasteiger partial charge in [-0.05, 0) is 6.07 Å². The van der Waals surface area contributed by atoms with Gasteiger partial charge in [-0.3, -0.25) is 10.1 Å². The van der Waals surface area contributed by atoms with Crippen LogP contribution in [0.3, 0.4) is 0 Å². The SMILES string of the molecule is O=[N+]([O-])c1ccc(F)c(S(=O)(=O)NCCc2ncc[nH]2)c1. The summed E-state index contributed by atoms with van der Waals surface area (Å²) in [6, 6.07) is 2.33. The number of hydrogen-bond donors (Lipinski definition) is 2. The number of benzene rings is 1. The molecule has 112 valence electrons. The number of nitro groups is 1. The molecule has 0 bridgehead atoms. The molecule has 0 spiro atoms. The molecule has 0 saturated heterocycles. The predicted molar refractivity (Wildman–Crippen MR) is 70.5 cm³/mol. The number of rotatable bonds is 6. The first-order valence-electron chi connectivity index (χ1n) is 5.82. The van der Waals surface area contributed by atoms with Crippen molar-refractivity contribution in [3.63, 3.8) is 0 Å². The zero-order valence-electron chi connectivity index (χ0n) is 10.6. The van der Waals surface area contributed by atoms with Gasteiger partial charge in [0, 0.05) is 37.5 Å². The number of non-ortho nitro benzene ring substituents is 1. The Morgan fingerprint density at radius 3 is 2.81 bits per heavy atom. The van der Waals surface area contributed by atoms with Gasteiger partial charge in [-0.25, -0.2) is 22.5 Å². The smallest absolute Gasteiger partial charge is 0.270 e. The molecule has 21 heavy (non-hydrogen) atoms. The zero-order valence-corrected chi connectivity index (χ0v) is 11.4. The first-order chi connectivity index (χ1) is 9.90. The van der Waals surface area contributed by atoms with Crippen molar-refractivity contribution in [2.24, 2.45) is 0 Å². The number of aromatic nitrogens is 2. The van der Waals surface area contributed by atoms with E-state index in [0.29, 0.717) is 11.9 Å². The topological polar surface area (TPSA) is 118 Å². The summed E-state index contributed by atoms with van der Waals surface area (Å²) in [5.41, 5.74) is -0.497. The fraction of sp³-hybridized carbons (Fsp3) is 0.182. The fourth-order valence-electron chi connectivity index (χ4n) is 1.63. The average molecular weight is 314 g/mol. The van der Waals surface area contributed by atoms with Crippen LogP contribution in [0.25, 0.3) is 0 Å². The summed E-state index contributed by atoms with van der Waals surface area (Å²) < 4.78 is 39.6. The lowest BCUT2D eigenvalue weighted by molar-refractivity contribution is -0.385. The van der Waals surface area contributed by atoms with Gasteiger partial charge in [-0.1, -0.05) is 0 Å². The highest BCUT2D eigenvalue weighted by Crippen LogP contribution is 2.20. The van der Waals surface area contributed by atoms with Gasteiger partial charge in [0.25, 0.3) is 5.69 Å². The van der Waals surface area contributed by atoms with Gasteiger partial charge in [-0.15, -0.1) is 0 Å². The first-order valence-corrected chi connectivity index (χ1v) is 7.30. The normalized spacial score (nSPS) is 11.5. The summed E-state index contributed by atoms with van der Waals surface area (Å²) in [6.45, 7) is -0.0159. The second-order valence-electron chi connectivity index (χ2n) is 4.06. The van der Waals surface area contributed by atoms with E-state index in [1.165, 1.54) is 6.20 Å². The monoisotopic (exact) mass is 314 g/mol. The maximum atomic E-state index is 13.6. The summed E-state index contributed by atoms with van der Waals surface area (Å²) in [5.74, 6) is -0.483. The molecule has 0 fully saturated rings. The quantitative estimate of drug-likeness (QED) is 0.608. The van der Waals surface area contributed by atoms with E-state index in [2.05, 4.69) is 14.7 Å². The minimum Gasteiger partial charge on any atom is -0.349 e. The molecule has 2 aromatic rings. The number of nitrogens with zero attached hydrogens (tertiary/aromatic N) is 2. The van der Waals surface area contributed by atoms with Crippen molar-refractivity contribution in [1.29, 1.82) is 0 Å². The Morgan fingerprint density at radius 2 is 2.19 bits per heavy atom. The highest BCUT2D eigenvalue weighted by Gasteiger charge is 2.22. The Kier molecular flexibility index (Phi) is 4.29. The predicted octanol–water partition coefficient (Wildman–Crippen LogP) is 0.978. The van der Waals surface area contributed by atoms with Crippen molar-refractivity contribution in [2.75, 3.05) is 6.54 Å². The summed E-state index contributed by atoms with van der Waals surface area (Å²) in [7, 11) is -4.17. The van der Waals surface area contributed by atoms with Crippen LogP contribution in [-0.2, 0) is 16.4 Å². The third-order valence-corrected chi connectivity index (χ3v) is 4.10. The Bertz CT molecular complexity index is 746. The first kappa shape index (κ1) is 15.1. The molecular weight excluding hydrogens is 303 g/mol. The van der Waals surface area contributed by atoms with E-state index in [9.17, 15) is 22.9 Å². The highest BCUT2D eigenvalue weighted by atomic mass is 32.2. The molecule has 0 unspecified atom stereocenters. The molecule has 10 heteroatoms. The van der Waals surface area contributed by atoms with E-state index in [1.807, 2.05) is 0 Å². The molecule has 1 heterocycles. The number of sulfonamides is 1. The van der Waals surface area contributed by atoms with E-state index < -0.39 is 31.3 Å². The average Bonchev–Trinajstić information content (AvgIpc) is 2.91. The molecule has 0 saturated carbocycles. The molecule has 2 N–H and O–H groups in total. The number of aromatic amines is 1. The van der Waals surface area contributed by atoms with E-state index >= 15 is 0 Å². The Labute approximate surface area is 119 Å². The molecule has 1 aromatic heterocycles. The summed E-state index contributed by atoms with van der Waals surface area (Å²) in [6.07, 6.45) is 3.39. The molecule has 1 aromatic carbocycles. The van der Waals surface area contributed by atoms with Crippen molar-refractivity contribution in [3.8, 4) is 0 Å². The van der Waals surface area contributed by atoms with E-state index in [1.54, 1.807) is 6.20 Å². The van der Waals surface area contributed by atoms with Crippen LogP contribution < -0.4 is 4.72 Å². The Morgan fingerprint density at radius 1 is 1.43 bits per heavy atom. The van der Waals surface area contributed by atoms with Crippen molar-refractivity contribution in [2.45, 2.75) is 11.3 Å². The van der Waals surface area contributed by atoms with E-state index in [4.69, 9.17) is 0 Å². The Hall–Kier alpha value is -2.33. The van der Waals surface area contributed by atoms with Gasteiger partial charge >= 0.3 is 0 Å². The van der Waals surface area contributed by atoms with Crippen LogP contribution in [0.5, 0.6) is 0 Å². The van der Waals surface area contributed by atoms with Crippen molar-refractivity contribution < 1.29 is 17.7 Å². The third-order valence-electron chi connectivity index (χ3n) is 2.62. The van der Waals surface area contributed by atoms with Crippen molar-refractivity contribution in [1.82, 2.24) is 14.7 Å². The van der Waals surface area contributed by atoms with Gasteiger partial charge in [0.1, 0.15) is 16.5 Å². The lowest BCUT2D eigenvalue weighted by atomic mass is 10.3. The zero-order chi connectivity index (χ0) is 15.5. The minimum atomic E-state index is -4.17. The molecule has 0 atom stereocenters. The van der Waals surface area contributed by atoms with Crippen LogP contribution in [0.4, 0.5) is 10.1 Å². The van der Waals surface area contributed by atoms with Crippen LogP contribution >= 0.6 is 0 Å².